The van der Waals surface area contributed by atoms with E-state index in [4.69, 9.17) is 0 Å². The van der Waals surface area contributed by atoms with Crippen LogP contribution in [0.4, 0.5) is 5.69 Å². The lowest BCUT2D eigenvalue weighted by molar-refractivity contribution is -0.384. The van der Waals surface area contributed by atoms with E-state index in [1.165, 1.54) is 19.2 Å². The maximum Gasteiger partial charge on any atom is 0.333 e. The van der Waals surface area contributed by atoms with Gasteiger partial charge in [-0.2, -0.15) is 0 Å². The lowest BCUT2D eigenvalue weighted by Gasteiger charge is -2.03. The van der Waals surface area contributed by atoms with Crippen molar-refractivity contribution in [2.45, 2.75) is 6.42 Å². The first-order chi connectivity index (χ1) is 7.54. The zero-order valence-corrected chi connectivity index (χ0v) is 8.80. The predicted octanol–water partition coefficient (Wildman–Crippen LogP) is 1.87. The Balaban J connectivity index is 2.72. The Morgan fingerprint density at radius 3 is 2.44 bits per heavy atom. The Kier molecular flexibility index (Phi) is 3.77. The van der Waals surface area contributed by atoms with Gasteiger partial charge in [-0.25, -0.2) is 4.79 Å². The van der Waals surface area contributed by atoms with E-state index in [2.05, 4.69) is 11.3 Å². The number of non-ortho nitro benzene ring substituents is 1. The third-order valence-corrected chi connectivity index (χ3v) is 2.04. The van der Waals surface area contributed by atoms with Crippen LogP contribution in [0.2, 0.25) is 0 Å². The fourth-order valence-corrected chi connectivity index (χ4v) is 1.20. The summed E-state index contributed by atoms with van der Waals surface area (Å²) in [5, 5.41) is 10.4. The van der Waals surface area contributed by atoms with Crippen molar-refractivity contribution in [3.63, 3.8) is 0 Å². The predicted molar refractivity (Wildman–Crippen MR) is 58.0 cm³/mol. The standard InChI is InChI=1S/C11H11NO4/c1-8(11(13)16-2)7-9-3-5-10(6-4-9)12(14)15/h3-6H,1,7H2,2H3. The first-order valence-corrected chi connectivity index (χ1v) is 4.54. The number of nitrogens with zero attached hydrogens (tertiary/aromatic N) is 1. The zero-order chi connectivity index (χ0) is 12.1. The van der Waals surface area contributed by atoms with Crippen molar-refractivity contribution in [1.82, 2.24) is 0 Å². The highest BCUT2D eigenvalue weighted by Gasteiger charge is 2.09. The molecule has 0 spiro atoms. The van der Waals surface area contributed by atoms with E-state index in [0.29, 0.717) is 12.0 Å². The smallest absolute Gasteiger partial charge is 0.333 e. The Hall–Kier alpha value is -2.17. The van der Waals surface area contributed by atoms with Crippen LogP contribution < -0.4 is 0 Å². The second-order valence-electron chi connectivity index (χ2n) is 3.20. The SMILES string of the molecule is C=C(Cc1ccc([N+](=O)[O-])cc1)C(=O)OC. The van der Waals surface area contributed by atoms with Crippen LogP contribution >= 0.6 is 0 Å². The van der Waals surface area contributed by atoms with Crippen molar-refractivity contribution in [2.24, 2.45) is 0 Å². The van der Waals surface area contributed by atoms with Gasteiger partial charge in [0.15, 0.2) is 0 Å². The molecule has 1 rings (SSSR count). The van der Waals surface area contributed by atoms with Crippen LogP contribution in [-0.2, 0) is 16.0 Å². The molecule has 5 nitrogen and oxygen atoms in total. The largest absolute Gasteiger partial charge is 0.466 e. The molecule has 16 heavy (non-hydrogen) atoms. The molecule has 5 heteroatoms. The van der Waals surface area contributed by atoms with E-state index in [-0.39, 0.29) is 5.69 Å². The average Bonchev–Trinajstić information content (AvgIpc) is 2.28. The molecule has 0 amide bonds. The van der Waals surface area contributed by atoms with Crippen molar-refractivity contribution < 1.29 is 14.5 Å². The maximum atomic E-state index is 11.1. The Morgan fingerprint density at radius 1 is 1.44 bits per heavy atom. The summed E-state index contributed by atoms with van der Waals surface area (Å²) in [5.41, 5.74) is 1.12. The summed E-state index contributed by atoms with van der Waals surface area (Å²) in [6, 6.07) is 5.96. The van der Waals surface area contributed by atoms with E-state index < -0.39 is 10.9 Å². The Labute approximate surface area is 92.5 Å². The number of carbonyl (C=O) groups excluding carboxylic acids is 1. The fourth-order valence-electron chi connectivity index (χ4n) is 1.20. The first-order valence-electron chi connectivity index (χ1n) is 4.54. The van der Waals surface area contributed by atoms with Gasteiger partial charge < -0.3 is 4.74 Å². The van der Waals surface area contributed by atoms with E-state index in [1.54, 1.807) is 12.1 Å². The van der Waals surface area contributed by atoms with Crippen LogP contribution in [0.5, 0.6) is 0 Å². The molecule has 0 radical (unpaired) electrons. The molecular weight excluding hydrogens is 210 g/mol. The van der Waals surface area contributed by atoms with Crippen LogP contribution in [-0.4, -0.2) is 18.0 Å². The number of carbonyl (C=O) groups is 1. The van der Waals surface area contributed by atoms with Gasteiger partial charge in [0.2, 0.25) is 0 Å². The number of rotatable bonds is 4. The summed E-state index contributed by atoms with van der Waals surface area (Å²) in [6.45, 7) is 3.57. The number of nitro benzene ring substituents is 1. The Morgan fingerprint density at radius 2 is 2.00 bits per heavy atom. The molecule has 0 aromatic heterocycles. The van der Waals surface area contributed by atoms with Crippen LogP contribution in [0.25, 0.3) is 0 Å². The van der Waals surface area contributed by atoms with Gasteiger partial charge >= 0.3 is 5.97 Å². The van der Waals surface area contributed by atoms with Gasteiger partial charge in [0.05, 0.1) is 12.0 Å². The van der Waals surface area contributed by atoms with E-state index in [0.717, 1.165) is 5.56 Å². The lowest BCUT2D eigenvalue weighted by Crippen LogP contribution is -2.05. The van der Waals surface area contributed by atoms with Crippen molar-refractivity contribution in [3.05, 3.63) is 52.1 Å². The summed E-state index contributed by atoms with van der Waals surface area (Å²) in [5.74, 6) is -0.474. The molecule has 0 heterocycles. The van der Waals surface area contributed by atoms with Crippen molar-refractivity contribution in [1.29, 1.82) is 0 Å². The lowest BCUT2D eigenvalue weighted by atomic mass is 10.1. The van der Waals surface area contributed by atoms with Gasteiger partial charge in [-0.15, -0.1) is 0 Å². The number of esters is 1. The molecule has 1 aromatic rings. The second-order valence-corrected chi connectivity index (χ2v) is 3.20. The highest BCUT2D eigenvalue weighted by Crippen LogP contribution is 2.14. The molecule has 0 fully saturated rings. The van der Waals surface area contributed by atoms with Gasteiger partial charge in [-0.05, 0) is 5.56 Å². The average molecular weight is 221 g/mol. The highest BCUT2D eigenvalue weighted by atomic mass is 16.6. The molecule has 0 saturated heterocycles. The van der Waals surface area contributed by atoms with Gasteiger partial charge in [0.1, 0.15) is 0 Å². The van der Waals surface area contributed by atoms with Crippen LogP contribution in [0.1, 0.15) is 5.56 Å². The van der Waals surface area contributed by atoms with Crippen LogP contribution in [0.15, 0.2) is 36.4 Å². The Bertz CT molecular complexity index is 422. The number of ether oxygens (including phenoxy) is 1. The summed E-state index contributed by atoms with van der Waals surface area (Å²) >= 11 is 0. The molecule has 0 aliphatic rings. The summed E-state index contributed by atoms with van der Waals surface area (Å²) in [6.07, 6.45) is 0.324. The van der Waals surface area contributed by atoms with Gasteiger partial charge in [0, 0.05) is 24.1 Å². The first kappa shape index (κ1) is 11.9. The third kappa shape index (κ3) is 2.91. The fraction of sp³-hybridized carbons (Fsp3) is 0.182. The number of hydrogen-bond donors (Lipinski definition) is 0. The number of benzene rings is 1. The summed E-state index contributed by atoms with van der Waals surface area (Å²) in [7, 11) is 1.28. The molecular formula is C11H11NO4. The minimum Gasteiger partial charge on any atom is -0.466 e. The molecule has 84 valence electrons. The molecule has 0 N–H and O–H groups in total. The van der Waals surface area contributed by atoms with E-state index in [1.807, 2.05) is 0 Å². The zero-order valence-electron chi connectivity index (χ0n) is 8.80. The third-order valence-electron chi connectivity index (χ3n) is 2.04. The second kappa shape index (κ2) is 5.06. The number of methoxy groups -OCH3 is 1. The maximum absolute atomic E-state index is 11.1. The molecule has 1 aromatic carbocycles. The minimum atomic E-state index is -0.474. The van der Waals surface area contributed by atoms with Gasteiger partial charge in [-0.1, -0.05) is 18.7 Å². The van der Waals surface area contributed by atoms with Crippen LogP contribution in [0.3, 0.4) is 0 Å². The molecule has 0 atom stereocenters. The monoisotopic (exact) mass is 221 g/mol. The molecule has 0 saturated carbocycles. The van der Waals surface area contributed by atoms with Crippen molar-refractivity contribution in [3.8, 4) is 0 Å². The number of hydrogen-bond acceptors (Lipinski definition) is 4. The normalized spacial score (nSPS) is 9.56. The topological polar surface area (TPSA) is 69.4 Å². The van der Waals surface area contributed by atoms with E-state index in [9.17, 15) is 14.9 Å². The highest BCUT2D eigenvalue weighted by molar-refractivity contribution is 5.88. The van der Waals surface area contributed by atoms with Crippen molar-refractivity contribution in [2.75, 3.05) is 7.11 Å². The van der Waals surface area contributed by atoms with E-state index >= 15 is 0 Å². The quantitative estimate of drug-likeness (QED) is 0.337. The molecule has 0 bridgehead atoms. The molecule has 0 aliphatic carbocycles. The van der Waals surface area contributed by atoms with Gasteiger partial charge in [0.25, 0.3) is 5.69 Å². The minimum absolute atomic E-state index is 0.0208. The number of nitro groups is 1. The molecule has 0 aliphatic heterocycles. The van der Waals surface area contributed by atoms with Crippen LogP contribution in [0, 0.1) is 10.1 Å². The van der Waals surface area contributed by atoms with Gasteiger partial charge in [-0.3, -0.25) is 10.1 Å². The summed E-state index contributed by atoms with van der Waals surface area (Å²) < 4.78 is 4.50. The summed E-state index contributed by atoms with van der Waals surface area (Å²) in [4.78, 5) is 21.0. The molecule has 0 unspecified atom stereocenters. The van der Waals surface area contributed by atoms with Crippen molar-refractivity contribution >= 4 is 11.7 Å².